The van der Waals surface area contributed by atoms with Gasteiger partial charge in [0.15, 0.2) is 0 Å². The highest BCUT2D eigenvalue weighted by Gasteiger charge is 2.26. The van der Waals surface area contributed by atoms with Crippen LogP contribution in [0.25, 0.3) is 11.3 Å². The molecule has 0 atom stereocenters. The third-order valence-corrected chi connectivity index (χ3v) is 3.69. The zero-order chi connectivity index (χ0) is 13.9. The molecule has 2 aromatic rings. The number of methoxy groups -OCH3 is 1. The molecule has 19 heavy (non-hydrogen) atoms. The number of benzene rings is 1. The lowest BCUT2D eigenvalue weighted by Crippen LogP contribution is -2.36. The SMILES string of the molecule is CCC(N)(CC)c1ncc(-c2cccc(OC)c2)[nH]1. The van der Waals surface area contributed by atoms with Crippen molar-refractivity contribution in [1.29, 1.82) is 0 Å². The van der Waals surface area contributed by atoms with Crippen LogP contribution in [-0.2, 0) is 5.54 Å². The molecule has 2 rings (SSSR count). The van der Waals surface area contributed by atoms with Gasteiger partial charge in [-0.2, -0.15) is 0 Å². The number of nitrogens with one attached hydrogen (secondary N) is 1. The number of hydrogen-bond acceptors (Lipinski definition) is 3. The fourth-order valence-corrected chi connectivity index (χ4v) is 2.10. The van der Waals surface area contributed by atoms with Crippen molar-refractivity contribution in [2.45, 2.75) is 32.2 Å². The van der Waals surface area contributed by atoms with Gasteiger partial charge in [-0.15, -0.1) is 0 Å². The summed E-state index contributed by atoms with van der Waals surface area (Å²) in [7, 11) is 1.66. The van der Waals surface area contributed by atoms with Crippen LogP contribution in [0.4, 0.5) is 0 Å². The quantitative estimate of drug-likeness (QED) is 0.867. The van der Waals surface area contributed by atoms with Crippen molar-refractivity contribution in [2.75, 3.05) is 7.11 Å². The molecule has 0 bridgehead atoms. The summed E-state index contributed by atoms with van der Waals surface area (Å²) in [5.74, 6) is 1.67. The topological polar surface area (TPSA) is 63.9 Å². The molecule has 0 radical (unpaired) electrons. The molecular formula is C15H21N3O. The van der Waals surface area contributed by atoms with Crippen molar-refractivity contribution in [1.82, 2.24) is 9.97 Å². The Bertz CT molecular complexity index is 544. The highest BCUT2D eigenvalue weighted by molar-refractivity contribution is 5.60. The van der Waals surface area contributed by atoms with Gasteiger partial charge in [0, 0.05) is 5.56 Å². The average molecular weight is 259 g/mol. The monoisotopic (exact) mass is 259 g/mol. The Labute approximate surface area is 114 Å². The number of imidazole rings is 1. The second-order valence-corrected chi connectivity index (χ2v) is 4.74. The molecule has 0 spiro atoms. The van der Waals surface area contributed by atoms with Gasteiger partial charge in [-0.1, -0.05) is 26.0 Å². The van der Waals surface area contributed by atoms with Gasteiger partial charge in [0.1, 0.15) is 11.6 Å². The Morgan fingerprint density at radius 1 is 1.32 bits per heavy atom. The van der Waals surface area contributed by atoms with Gasteiger partial charge < -0.3 is 15.5 Å². The highest BCUT2D eigenvalue weighted by Crippen LogP contribution is 2.27. The van der Waals surface area contributed by atoms with Crippen molar-refractivity contribution < 1.29 is 4.74 Å². The Hall–Kier alpha value is -1.81. The van der Waals surface area contributed by atoms with Crippen LogP contribution in [0, 0.1) is 0 Å². The third-order valence-electron chi connectivity index (χ3n) is 3.69. The van der Waals surface area contributed by atoms with Crippen molar-refractivity contribution in [2.24, 2.45) is 5.73 Å². The number of ether oxygens (including phenoxy) is 1. The fraction of sp³-hybridized carbons (Fsp3) is 0.400. The Balaban J connectivity index is 2.35. The predicted octanol–water partition coefficient (Wildman–Crippen LogP) is 3.06. The molecule has 0 amide bonds. The van der Waals surface area contributed by atoms with Crippen molar-refractivity contribution >= 4 is 0 Å². The van der Waals surface area contributed by atoms with E-state index in [2.05, 4.69) is 23.8 Å². The maximum absolute atomic E-state index is 6.35. The van der Waals surface area contributed by atoms with E-state index < -0.39 is 0 Å². The van der Waals surface area contributed by atoms with Crippen molar-refractivity contribution in [3.8, 4) is 17.0 Å². The van der Waals surface area contributed by atoms with Crippen LogP contribution < -0.4 is 10.5 Å². The minimum Gasteiger partial charge on any atom is -0.497 e. The molecular weight excluding hydrogens is 238 g/mol. The summed E-state index contributed by atoms with van der Waals surface area (Å²) in [6, 6.07) is 7.89. The second kappa shape index (κ2) is 5.45. The van der Waals surface area contributed by atoms with Gasteiger partial charge in [0.2, 0.25) is 0 Å². The largest absolute Gasteiger partial charge is 0.497 e. The summed E-state index contributed by atoms with van der Waals surface area (Å²) in [6.07, 6.45) is 3.54. The Kier molecular flexibility index (Phi) is 3.90. The van der Waals surface area contributed by atoms with Gasteiger partial charge in [-0.3, -0.25) is 0 Å². The van der Waals surface area contributed by atoms with Gasteiger partial charge in [-0.25, -0.2) is 4.98 Å². The Morgan fingerprint density at radius 3 is 2.68 bits per heavy atom. The molecule has 3 N–H and O–H groups in total. The molecule has 0 aliphatic rings. The number of rotatable bonds is 5. The summed E-state index contributed by atoms with van der Waals surface area (Å²) in [5, 5.41) is 0. The number of aromatic amines is 1. The van der Waals surface area contributed by atoms with E-state index >= 15 is 0 Å². The summed E-state index contributed by atoms with van der Waals surface area (Å²) in [6.45, 7) is 4.16. The minimum absolute atomic E-state index is 0.378. The lowest BCUT2D eigenvalue weighted by molar-refractivity contribution is 0.391. The molecule has 0 saturated heterocycles. The first-order valence-electron chi connectivity index (χ1n) is 6.61. The summed E-state index contributed by atoms with van der Waals surface area (Å²) < 4.78 is 5.23. The summed E-state index contributed by atoms with van der Waals surface area (Å²) in [5.41, 5.74) is 7.98. The van der Waals surface area contributed by atoms with E-state index in [0.717, 1.165) is 35.7 Å². The number of aromatic nitrogens is 2. The van der Waals surface area contributed by atoms with E-state index in [1.54, 1.807) is 7.11 Å². The van der Waals surface area contributed by atoms with Crippen molar-refractivity contribution in [3.63, 3.8) is 0 Å². The maximum Gasteiger partial charge on any atom is 0.126 e. The molecule has 1 heterocycles. The molecule has 102 valence electrons. The summed E-state index contributed by atoms with van der Waals surface area (Å²) >= 11 is 0. The van der Waals surface area contributed by atoms with Crippen LogP contribution in [0.2, 0.25) is 0 Å². The normalized spacial score (nSPS) is 11.6. The molecule has 0 saturated carbocycles. The molecule has 0 aliphatic heterocycles. The van der Waals surface area contributed by atoms with E-state index in [9.17, 15) is 0 Å². The molecule has 1 aromatic carbocycles. The van der Waals surface area contributed by atoms with E-state index in [1.807, 2.05) is 30.5 Å². The van der Waals surface area contributed by atoms with Gasteiger partial charge >= 0.3 is 0 Å². The molecule has 0 unspecified atom stereocenters. The lowest BCUT2D eigenvalue weighted by Gasteiger charge is -2.23. The van der Waals surface area contributed by atoms with E-state index in [0.29, 0.717) is 0 Å². The lowest BCUT2D eigenvalue weighted by atomic mass is 9.93. The zero-order valence-electron chi connectivity index (χ0n) is 11.7. The number of hydrogen-bond donors (Lipinski definition) is 2. The van der Waals surface area contributed by atoms with E-state index in [-0.39, 0.29) is 5.54 Å². The second-order valence-electron chi connectivity index (χ2n) is 4.74. The van der Waals surface area contributed by atoms with Crippen LogP contribution >= 0.6 is 0 Å². The van der Waals surface area contributed by atoms with E-state index in [4.69, 9.17) is 10.5 Å². The maximum atomic E-state index is 6.35. The molecule has 4 nitrogen and oxygen atoms in total. The Morgan fingerprint density at radius 2 is 2.05 bits per heavy atom. The smallest absolute Gasteiger partial charge is 0.126 e. The van der Waals surface area contributed by atoms with Crippen molar-refractivity contribution in [3.05, 3.63) is 36.3 Å². The molecule has 1 aromatic heterocycles. The predicted molar refractivity (Wildman–Crippen MR) is 77.0 cm³/mol. The fourth-order valence-electron chi connectivity index (χ4n) is 2.10. The average Bonchev–Trinajstić information content (AvgIpc) is 2.97. The zero-order valence-corrected chi connectivity index (χ0v) is 11.7. The van der Waals surface area contributed by atoms with Gasteiger partial charge in [-0.05, 0) is 25.0 Å². The van der Waals surface area contributed by atoms with E-state index in [1.165, 1.54) is 0 Å². The number of nitrogens with two attached hydrogens (primary N) is 1. The molecule has 4 heteroatoms. The highest BCUT2D eigenvalue weighted by atomic mass is 16.5. The summed E-state index contributed by atoms with van der Waals surface area (Å²) in [4.78, 5) is 7.77. The van der Waals surface area contributed by atoms with Crippen LogP contribution in [0.15, 0.2) is 30.5 Å². The first-order valence-corrected chi connectivity index (χ1v) is 6.61. The molecule has 0 aliphatic carbocycles. The first-order chi connectivity index (χ1) is 9.12. The first kappa shape index (κ1) is 13.6. The van der Waals surface area contributed by atoms with Gasteiger partial charge in [0.25, 0.3) is 0 Å². The number of nitrogens with zero attached hydrogens (tertiary/aromatic N) is 1. The van der Waals surface area contributed by atoms with Crippen LogP contribution in [-0.4, -0.2) is 17.1 Å². The minimum atomic E-state index is -0.378. The third kappa shape index (κ3) is 2.63. The number of H-pyrrole nitrogens is 1. The van der Waals surface area contributed by atoms with Gasteiger partial charge in [0.05, 0.1) is 24.5 Å². The van der Waals surface area contributed by atoms with Crippen LogP contribution in [0.5, 0.6) is 5.75 Å². The molecule has 0 fully saturated rings. The standard InChI is InChI=1S/C15H21N3O/c1-4-15(16,5-2)14-17-10-13(18-14)11-7-6-8-12(9-11)19-3/h6-10H,4-5,16H2,1-3H3,(H,17,18). The van der Waals surface area contributed by atoms with Crippen LogP contribution in [0.3, 0.4) is 0 Å². The van der Waals surface area contributed by atoms with Crippen LogP contribution in [0.1, 0.15) is 32.5 Å².